The topological polar surface area (TPSA) is 146 Å². The molecule has 15 heteroatoms. The van der Waals surface area contributed by atoms with Crippen LogP contribution in [0, 0.1) is 17.5 Å². The molecule has 2 heterocycles. The summed E-state index contributed by atoms with van der Waals surface area (Å²) in [6.45, 7) is 16.8. The molecular formula is C33H41Cl3IN7O4. The van der Waals surface area contributed by atoms with E-state index in [1.165, 1.54) is 6.33 Å². The highest BCUT2D eigenvalue weighted by molar-refractivity contribution is 14.1. The van der Waals surface area contributed by atoms with E-state index in [0.29, 0.717) is 90.7 Å². The smallest absolute Gasteiger partial charge is 0.255 e. The van der Waals surface area contributed by atoms with Crippen molar-refractivity contribution >= 4 is 86.1 Å². The molecule has 0 spiro atoms. The summed E-state index contributed by atoms with van der Waals surface area (Å²) < 4.78 is 14.0. The minimum atomic E-state index is -0.317. The van der Waals surface area contributed by atoms with E-state index in [-0.39, 0.29) is 23.2 Å². The van der Waals surface area contributed by atoms with Crippen LogP contribution in [0.1, 0.15) is 95.9 Å². The molecule has 2 aromatic heterocycles. The van der Waals surface area contributed by atoms with Crippen LogP contribution >= 0.6 is 57.4 Å². The van der Waals surface area contributed by atoms with Crippen LogP contribution in [-0.2, 0) is 0 Å². The maximum absolute atomic E-state index is 12.8. The van der Waals surface area contributed by atoms with Gasteiger partial charge in [-0.2, -0.15) is 5.10 Å². The lowest BCUT2D eigenvalue weighted by atomic mass is 9.98. The summed E-state index contributed by atoms with van der Waals surface area (Å²) in [5.74, 6) is 0.972. The van der Waals surface area contributed by atoms with Gasteiger partial charge >= 0.3 is 0 Å². The van der Waals surface area contributed by atoms with Crippen molar-refractivity contribution in [2.24, 2.45) is 0 Å². The zero-order chi connectivity index (χ0) is 35.9. The highest BCUT2D eigenvalue weighted by Gasteiger charge is 2.27. The van der Waals surface area contributed by atoms with E-state index in [0.717, 1.165) is 11.1 Å². The third kappa shape index (κ3) is 8.38. The van der Waals surface area contributed by atoms with Crippen LogP contribution in [0.2, 0.25) is 10.0 Å². The van der Waals surface area contributed by atoms with Gasteiger partial charge in [0, 0.05) is 34.3 Å². The number of carbonyl (C=O) groups excluding carboxylic acids is 2. The van der Waals surface area contributed by atoms with E-state index in [2.05, 4.69) is 48.3 Å². The summed E-state index contributed by atoms with van der Waals surface area (Å²) in [5.41, 5.74) is 10.4. The first-order valence-corrected chi connectivity index (χ1v) is 17.8. The Hall–Kier alpha value is -3.07. The number of fused-ring (bicyclic) bond motifs is 1. The molecule has 0 fully saturated rings. The molecule has 4 N–H and O–H groups in total. The third-order valence-electron chi connectivity index (χ3n) is 7.44. The number of carbonyl (C=O) groups is 2. The van der Waals surface area contributed by atoms with E-state index in [1.54, 1.807) is 17.7 Å². The number of nitrogen functional groups attached to an aromatic ring is 1. The lowest BCUT2D eigenvalue weighted by Crippen LogP contribution is -2.25. The van der Waals surface area contributed by atoms with Gasteiger partial charge in [-0.05, 0) is 101 Å². The molecule has 11 nitrogen and oxygen atoms in total. The number of aromatic nitrogens is 4. The maximum Gasteiger partial charge on any atom is 0.255 e. The minimum Gasteiger partial charge on any atom is -0.493 e. The highest BCUT2D eigenvalue weighted by atomic mass is 127. The molecule has 0 aliphatic rings. The lowest BCUT2D eigenvalue weighted by Gasteiger charge is -2.22. The van der Waals surface area contributed by atoms with Crippen molar-refractivity contribution in [2.45, 2.75) is 66.8 Å². The molecule has 4 rings (SSSR count). The van der Waals surface area contributed by atoms with Crippen molar-refractivity contribution in [3.63, 3.8) is 0 Å². The molecule has 0 saturated carbocycles. The standard InChI is InChI=1S/C19H22ClIN6O2.C14H19Cl2NO2/c1-5-23-19(28)13-9(3)12(20)7-11(15(13)29-6-2)10(4)27-18-14(16(21)26-27)17(22)24-8-25-18;1-5-17-14(18)12-8(3)11(16)7-10(9(4)15)13(12)19-6-2/h7-8,10H,5-6H2,1-4H3,(H,23,28)(H2,22,24,25);7,9H,5-6H2,1-4H3,(H,17,18). The van der Waals surface area contributed by atoms with Crippen LogP contribution in [0.5, 0.6) is 11.5 Å². The number of anilines is 1. The molecule has 2 unspecified atom stereocenters. The Bertz CT molecular complexity index is 1800. The molecular weight excluding hydrogens is 792 g/mol. The summed E-state index contributed by atoms with van der Waals surface area (Å²) in [5, 5.41) is 11.6. The summed E-state index contributed by atoms with van der Waals surface area (Å²) >= 11 is 20.9. The van der Waals surface area contributed by atoms with Gasteiger partial charge in [0.25, 0.3) is 11.8 Å². The Morgan fingerprint density at radius 1 is 0.896 bits per heavy atom. The number of halogens is 4. The Kier molecular flexibility index (Phi) is 14.4. The van der Waals surface area contributed by atoms with Crippen LogP contribution in [0.15, 0.2) is 18.5 Å². The van der Waals surface area contributed by atoms with Crippen molar-refractivity contribution in [3.8, 4) is 11.5 Å². The summed E-state index contributed by atoms with van der Waals surface area (Å²) in [7, 11) is 0. The second-order valence-corrected chi connectivity index (χ2v) is 13.1. The highest BCUT2D eigenvalue weighted by Crippen LogP contribution is 2.40. The second kappa shape index (κ2) is 17.5. The third-order valence-corrected chi connectivity index (χ3v) is 9.21. The number of amides is 2. The first kappa shape index (κ1) is 39.4. The van der Waals surface area contributed by atoms with Gasteiger partial charge in [0.1, 0.15) is 27.3 Å². The van der Waals surface area contributed by atoms with Crippen LogP contribution in [0.3, 0.4) is 0 Å². The largest absolute Gasteiger partial charge is 0.493 e. The molecule has 0 bridgehead atoms. The van der Waals surface area contributed by atoms with Crippen LogP contribution < -0.4 is 25.8 Å². The fraction of sp³-hybridized carbons (Fsp3) is 0.424. The van der Waals surface area contributed by atoms with Crippen LogP contribution in [0.25, 0.3) is 11.0 Å². The van der Waals surface area contributed by atoms with Crippen molar-refractivity contribution in [2.75, 3.05) is 32.0 Å². The number of hydrogen-bond donors (Lipinski definition) is 3. The van der Waals surface area contributed by atoms with Gasteiger partial charge < -0.3 is 25.8 Å². The van der Waals surface area contributed by atoms with E-state index in [4.69, 9.17) is 50.0 Å². The van der Waals surface area contributed by atoms with Gasteiger partial charge in [-0.3, -0.25) is 9.59 Å². The van der Waals surface area contributed by atoms with E-state index >= 15 is 0 Å². The first-order valence-electron chi connectivity index (χ1n) is 15.5. The number of alkyl halides is 1. The van der Waals surface area contributed by atoms with Crippen molar-refractivity contribution in [1.82, 2.24) is 30.4 Å². The average Bonchev–Trinajstić information content (AvgIpc) is 3.38. The van der Waals surface area contributed by atoms with Crippen LogP contribution in [0.4, 0.5) is 5.82 Å². The quantitative estimate of drug-likeness (QED) is 0.102. The summed E-state index contributed by atoms with van der Waals surface area (Å²) in [4.78, 5) is 33.4. The first-order chi connectivity index (χ1) is 22.7. The molecule has 0 saturated heterocycles. The normalized spacial score (nSPS) is 12.2. The van der Waals surface area contributed by atoms with Gasteiger partial charge in [0.2, 0.25) is 0 Å². The molecule has 0 radical (unpaired) electrons. The molecule has 0 aliphatic carbocycles. The van der Waals surface area contributed by atoms with Gasteiger partial charge in [0.15, 0.2) is 5.65 Å². The van der Waals surface area contributed by atoms with E-state index < -0.39 is 0 Å². The molecule has 4 aromatic rings. The fourth-order valence-electron chi connectivity index (χ4n) is 5.09. The van der Waals surface area contributed by atoms with Gasteiger partial charge in [-0.1, -0.05) is 23.2 Å². The van der Waals surface area contributed by atoms with Crippen LogP contribution in [-0.4, -0.2) is 57.9 Å². The van der Waals surface area contributed by atoms with Gasteiger partial charge in [0.05, 0.1) is 41.1 Å². The maximum atomic E-state index is 12.8. The lowest BCUT2D eigenvalue weighted by molar-refractivity contribution is 0.0942. The molecule has 260 valence electrons. The monoisotopic (exact) mass is 831 g/mol. The van der Waals surface area contributed by atoms with E-state index in [9.17, 15) is 9.59 Å². The molecule has 2 amide bonds. The van der Waals surface area contributed by atoms with Gasteiger partial charge in [-0.25, -0.2) is 14.6 Å². The number of nitrogens with one attached hydrogen (secondary N) is 2. The SMILES string of the molecule is CCNC(=O)c1c(C)c(Cl)cc(C(C)Cl)c1OCC.CCNC(=O)c1c(C)c(Cl)cc(C(C)n2nc(I)c3c(N)ncnc32)c1OCC. The Balaban J connectivity index is 0.000000286. The minimum absolute atomic E-state index is 0.190. The number of hydrogen-bond acceptors (Lipinski definition) is 8. The second-order valence-electron chi connectivity index (χ2n) is 10.6. The molecule has 0 aliphatic heterocycles. The zero-order valence-electron chi connectivity index (χ0n) is 28.2. The Morgan fingerprint density at radius 3 is 1.83 bits per heavy atom. The predicted octanol–water partition coefficient (Wildman–Crippen LogP) is 7.83. The zero-order valence-corrected chi connectivity index (χ0v) is 32.7. The Morgan fingerprint density at radius 2 is 1.38 bits per heavy atom. The molecule has 2 aromatic carbocycles. The van der Waals surface area contributed by atoms with Crippen molar-refractivity contribution < 1.29 is 19.1 Å². The predicted molar refractivity (Wildman–Crippen MR) is 201 cm³/mol. The Labute approximate surface area is 309 Å². The summed E-state index contributed by atoms with van der Waals surface area (Å²) in [6.07, 6.45) is 1.41. The van der Waals surface area contributed by atoms with Crippen molar-refractivity contribution in [3.05, 3.63) is 65.6 Å². The number of nitrogens with two attached hydrogens (primary N) is 1. The molecule has 48 heavy (non-hydrogen) atoms. The number of ether oxygens (including phenoxy) is 2. The van der Waals surface area contributed by atoms with Gasteiger partial charge in [-0.15, -0.1) is 11.6 Å². The average molecular weight is 833 g/mol. The number of nitrogens with zero attached hydrogens (tertiary/aromatic N) is 4. The van der Waals surface area contributed by atoms with Crippen molar-refractivity contribution in [1.29, 1.82) is 0 Å². The fourth-order valence-corrected chi connectivity index (χ4v) is 6.43. The molecule has 2 atom stereocenters. The summed E-state index contributed by atoms with van der Waals surface area (Å²) in [6, 6.07) is 3.27. The number of rotatable bonds is 11. The number of benzene rings is 2. The van der Waals surface area contributed by atoms with E-state index in [1.807, 2.05) is 54.5 Å².